The number of benzene rings is 2. The number of carbonyl (C=O) groups is 2. The van der Waals surface area contributed by atoms with Gasteiger partial charge < -0.3 is 19.7 Å². The predicted octanol–water partition coefficient (Wildman–Crippen LogP) is 2.48. The summed E-state index contributed by atoms with van der Waals surface area (Å²) in [5.74, 6) is 0.707. The number of methoxy groups -OCH3 is 1. The lowest BCUT2D eigenvalue weighted by molar-refractivity contribution is -0.135. The highest BCUT2D eigenvalue weighted by atomic mass is 16.5. The smallest absolute Gasteiger partial charge is 0.260 e. The molecule has 6 nitrogen and oxygen atoms in total. The van der Waals surface area contributed by atoms with Gasteiger partial charge in [0, 0.05) is 18.8 Å². The molecular weight excluding hydrogens is 320 g/mol. The highest BCUT2D eigenvalue weighted by molar-refractivity contribution is 5.94. The molecule has 0 bridgehead atoms. The van der Waals surface area contributed by atoms with E-state index in [4.69, 9.17) is 9.47 Å². The third-order valence-corrected chi connectivity index (χ3v) is 3.51. The molecule has 2 aromatic rings. The summed E-state index contributed by atoms with van der Waals surface area (Å²) in [5, 5.41) is 2.73. The van der Waals surface area contributed by atoms with E-state index in [0.717, 1.165) is 5.56 Å². The molecule has 2 amide bonds. The van der Waals surface area contributed by atoms with Crippen molar-refractivity contribution in [3.8, 4) is 11.5 Å². The molecule has 2 aromatic carbocycles. The van der Waals surface area contributed by atoms with Crippen LogP contribution in [0.25, 0.3) is 0 Å². The Morgan fingerprint density at radius 2 is 1.80 bits per heavy atom. The number of rotatable bonds is 7. The number of anilines is 1. The van der Waals surface area contributed by atoms with Crippen LogP contribution >= 0.6 is 0 Å². The molecule has 0 radical (unpaired) electrons. The minimum Gasteiger partial charge on any atom is -0.497 e. The second-order valence-corrected chi connectivity index (χ2v) is 5.64. The highest BCUT2D eigenvalue weighted by Gasteiger charge is 2.14. The van der Waals surface area contributed by atoms with Crippen molar-refractivity contribution in [2.75, 3.05) is 32.6 Å². The Kier molecular flexibility index (Phi) is 6.39. The Morgan fingerprint density at radius 3 is 2.52 bits per heavy atom. The Balaban J connectivity index is 1.82. The van der Waals surface area contributed by atoms with Gasteiger partial charge >= 0.3 is 0 Å². The number of nitrogens with one attached hydrogen (secondary N) is 1. The summed E-state index contributed by atoms with van der Waals surface area (Å²) < 4.78 is 10.6. The first-order chi connectivity index (χ1) is 12.0. The summed E-state index contributed by atoms with van der Waals surface area (Å²) in [4.78, 5) is 25.5. The van der Waals surface area contributed by atoms with E-state index in [0.29, 0.717) is 17.2 Å². The van der Waals surface area contributed by atoms with Crippen LogP contribution in [0.2, 0.25) is 0 Å². The summed E-state index contributed by atoms with van der Waals surface area (Å²) in [5.41, 5.74) is 1.66. The van der Waals surface area contributed by atoms with Gasteiger partial charge in [0.15, 0.2) is 6.61 Å². The second kappa shape index (κ2) is 8.73. The lowest BCUT2D eigenvalue weighted by atomic mass is 10.2. The molecule has 1 N–H and O–H groups in total. The van der Waals surface area contributed by atoms with Crippen molar-refractivity contribution < 1.29 is 19.1 Å². The standard InChI is InChI=1S/C19H22N2O4/c1-14-6-4-9-17(10-14)25-13-19(23)21(2)12-18(22)20-15-7-5-8-16(11-15)24-3/h4-11H,12-13H2,1-3H3,(H,20,22). The van der Waals surface area contributed by atoms with Gasteiger partial charge in [-0.3, -0.25) is 9.59 Å². The Bertz CT molecular complexity index is 746. The minimum atomic E-state index is -0.292. The molecule has 0 aromatic heterocycles. The molecule has 25 heavy (non-hydrogen) atoms. The van der Waals surface area contributed by atoms with Crippen LogP contribution in [0.1, 0.15) is 5.56 Å². The van der Waals surface area contributed by atoms with Gasteiger partial charge in [-0.15, -0.1) is 0 Å². The summed E-state index contributed by atoms with van der Waals surface area (Å²) in [6.07, 6.45) is 0. The van der Waals surface area contributed by atoms with Crippen LogP contribution in [0.5, 0.6) is 11.5 Å². The molecule has 0 unspecified atom stereocenters. The Labute approximate surface area is 147 Å². The maximum Gasteiger partial charge on any atom is 0.260 e. The monoisotopic (exact) mass is 342 g/mol. The quantitative estimate of drug-likeness (QED) is 0.839. The summed E-state index contributed by atoms with van der Waals surface area (Å²) in [7, 11) is 3.12. The number of hydrogen-bond donors (Lipinski definition) is 1. The van der Waals surface area contributed by atoms with Crippen LogP contribution in [0, 0.1) is 6.92 Å². The van der Waals surface area contributed by atoms with Gasteiger partial charge in [0.1, 0.15) is 11.5 Å². The average Bonchev–Trinajstić information content (AvgIpc) is 2.59. The molecule has 0 fully saturated rings. The molecule has 6 heteroatoms. The van der Waals surface area contributed by atoms with Crippen LogP contribution in [-0.2, 0) is 9.59 Å². The van der Waals surface area contributed by atoms with Crippen molar-refractivity contribution in [1.82, 2.24) is 4.90 Å². The fourth-order valence-corrected chi connectivity index (χ4v) is 2.17. The number of nitrogens with zero attached hydrogens (tertiary/aromatic N) is 1. The van der Waals surface area contributed by atoms with Gasteiger partial charge in [0.05, 0.1) is 13.7 Å². The molecule has 2 rings (SSSR count). The fraction of sp³-hybridized carbons (Fsp3) is 0.263. The van der Waals surface area contributed by atoms with Crippen LogP contribution in [0.15, 0.2) is 48.5 Å². The summed E-state index contributed by atoms with van der Waals surface area (Å²) in [6, 6.07) is 14.5. The van der Waals surface area contributed by atoms with Crippen molar-refractivity contribution in [1.29, 1.82) is 0 Å². The third-order valence-electron chi connectivity index (χ3n) is 3.51. The van der Waals surface area contributed by atoms with E-state index >= 15 is 0 Å². The van der Waals surface area contributed by atoms with Gasteiger partial charge in [-0.1, -0.05) is 18.2 Å². The lowest BCUT2D eigenvalue weighted by Crippen LogP contribution is -2.37. The predicted molar refractivity (Wildman–Crippen MR) is 95.9 cm³/mol. The first kappa shape index (κ1) is 18.3. The first-order valence-electron chi connectivity index (χ1n) is 7.85. The van der Waals surface area contributed by atoms with Crippen molar-refractivity contribution in [3.05, 3.63) is 54.1 Å². The van der Waals surface area contributed by atoms with E-state index in [2.05, 4.69) is 5.32 Å². The van der Waals surface area contributed by atoms with E-state index < -0.39 is 0 Å². The molecule has 0 aliphatic heterocycles. The molecule has 0 aliphatic rings. The summed E-state index contributed by atoms with van der Waals surface area (Å²) >= 11 is 0. The van der Waals surface area contributed by atoms with Gasteiger partial charge in [-0.05, 0) is 36.8 Å². The zero-order valence-corrected chi connectivity index (χ0v) is 14.6. The normalized spacial score (nSPS) is 10.0. The van der Waals surface area contributed by atoms with E-state index in [1.54, 1.807) is 44.5 Å². The van der Waals surface area contributed by atoms with Gasteiger partial charge in [0.25, 0.3) is 5.91 Å². The van der Waals surface area contributed by atoms with Crippen LogP contribution in [-0.4, -0.2) is 44.0 Å². The van der Waals surface area contributed by atoms with E-state index in [1.807, 2.05) is 25.1 Å². The van der Waals surface area contributed by atoms with Gasteiger partial charge in [-0.2, -0.15) is 0 Å². The number of amides is 2. The molecule has 0 saturated heterocycles. The van der Waals surface area contributed by atoms with E-state index in [1.165, 1.54) is 4.90 Å². The van der Waals surface area contributed by atoms with Gasteiger partial charge in [0.2, 0.25) is 5.91 Å². The molecular formula is C19H22N2O4. The lowest BCUT2D eigenvalue weighted by Gasteiger charge is -2.17. The Morgan fingerprint density at radius 1 is 1.08 bits per heavy atom. The van der Waals surface area contributed by atoms with Crippen molar-refractivity contribution in [2.45, 2.75) is 6.92 Å². The van der Waals surface area contributed by atoms with Gasteiger partial charge in [-0.25, -0.2) is 0 Å². The van der Waals surface area contributed by atoms with E-state index in [-0.39, 0.29) is 25.0 Å². The van der Waals surface area contributed by atoms with Crippen molar-refractivity contribution >= 4 is 17.5 Å². The average molecular weight is 342 g/mol. The molecule has 0 heterocycles. The third kappa shape index (κ3) is 5.84. The van der Waals surface area contributed by atoms with Crippen LogP contribution < -0.4 is 14.8 Å². The van der Waals surface area contributed by atoms with Crippen LogP contribution in [0.3, 0.4) is 0 Å². The number of ether oxygens (including phenoxy) is 2. The fourth-order valence-electron chi connectivity index (χ4n) is 2.17. The Hall–Kier alpha value is -3.02. The summed E-state index contributed by atoms with van der Waals surface area (Å²) in [6.45, 7) is 1.77. The maximum atomic E-state index is 12.1. The van der Waals surface area contributed by atoms with Crippen molar-refractivity contribution in [2.24, 2.45) is 0 Å². The minimum absolute atomic E-state index is 0.0623. The molecule has 0 saturated carbocycles. The van der Waals surface area contributed by atoms with E-state index in [9.17, 15) is 9.59 Å². The maximum absolute atomic E-state index is 12.1. The first-order valence-corrected chi connectivity index (χ1v) is 7.85. The number of likely N-dealkylation sites (N-methyl/N-ethyl adjacent to an activating group) is 1. The largest absolute Gasteiger partial charge is 0.497 e. The molecule has 0 spiro atoms. The SMILES string of the molecule is COc1cccc(NC(=O)CN(C)C(=O)COc2cccc(C)c2)c1. The molecule has 0 atom stereocenters. The molecule has 0 aliphatic carbocycles. The number of carbonyl (C=O) groups excluding carboxylic acids is 2. The van der Waals surface area contributed by atoms with Crippen molar-refractivity contribution in [3.63, 3.8) is 0 Å². The molecule has 132 valence electrons. The number of aryl methyl sites for hydroxylation is 1. The topological polar surface area (TPSA) is 67.9 Å². The van der Waals surface area contributed by atoms with Crippen LogP contribution in [0.4, 0.5) is 5.69 Å². The second-order valence-electron chi connectivity index (χ2n) is 5.64. The highest BCUT2D eigenvalue weighted by Crippen LogP contribution is 2.16. The zero-order chi connectivity index (χ0) is 18.2. The zero-order valence-electron chi connectivity index (χ0n) is 14.6. The number of hydrogen-bond acceptors (Lipinski definition) is 4.